The molecule has 9 unspecified atom stereocenters. The van der Waals surface area contributed by atoms with Crippen molar-refractivity contribution in [3.63, 3.8) is 0 Å². The van der Waals surface area contributed by atoms with Crippen molar-refractivity contribution in [1.82, 2.24) is 30.2 Å². The average Bonchev–Trinajstić information content (AvgIpc) is 3.72. The standard InChI is InChI=1S/C49H84N6O10/c1-16-33(6)42(54(13)46(59)40(31(2)3)51-45(58)41(32(4)5)52(11)26-20-21-27-53(12)48(62)65-49(8,9)10)38(63-14)30-39(56)55-28-22-25-37(55)43(64-15)34(7)44(57)50-36(47(60)61)29-35-23-18-17-19-24-35/h17-19,23-24,31-34,36-38,40-43H,16,20-22,25-30H2,1-15H3,(H,50,57)(H,51,58)(H,60,61). The number of nitrogens with one attached hydrogen (secondary N) is 2. The number of carbonyl (C=O) groups is 6. The second-order valence-electron chi connectivity index (χ2n) is 19.7. The molecule has 5 amide bonds. The van der Waals surface area contributed by atoms with E-state index in [2.05, 4.69) is 10.6 Å². The van der Waals surface area contributed by atoms with E-state index in [0.29, 0.717) is 38.9 Å². The molecule has 0 bridgehead atoms. The van der Waals surface area contributed by atoms with Gasteiger partial charge in [0.25, 0.3) is 0 Å². The predicted octanol–water partition coefficient (Wildman–Crippen LogP) is 5.46. The zero-order valence-electron chi connectivity index (χ0n) is 42.2. The fourth-order valence-corrected chi connectivity index (χ4v) is 8.92. The summed E-state index contributed by atoms with van der Waals surface area (Å²) in [4.78, 5) is 88.1. The number of aliphatic carboxylic acids is 1. The Labute approximate surface area is 389 Å². The summed E-state index contributed by atoms with van der Waals surface area (Å²) in [7, 11) is 8.34. The third kappa shape index (κ3) is 17.1. The Morgan fingerprint density at radius 3 is 2.00 bits per heavy atom. The Hall–Kier alpha value is -4.28. The van der Waals surface area contributed by atoms with Gasteiger partial charge in [-0.25, -0.2) is 9.59 Å². The molecular formula is C49H84N6O10. The van der Waals surface area contributed by atoms with Crippen molar-refractivity contribution >= 4 is 35.7 Å². The van der Waals surface area contributed by atoms with Crippen molar-refractivity contribution in [2.45, 2.75) is 162 Å². The quantitative estimate of drug-likeness (QED) is 0.100. The van der Waals surface area contributed by atoms with Gasteiger partial charge < -0.3 is 44.7 Å². The van der Waals surface area contributed by atoms with Crippen LogP contribution in [0.1, 0.15) is 113 Å². The van der Waals surface area contributed by atoms with Gasteiger partial charge in [-0.3, -0.25) is 24.1 Å². The fraction of sp³-hybridized carbons (Fsp3) is 0.755. The number of nitrogens with zero attached hydrogens (tertiary/aromatic N) is 4. The molecule has 370 valence electrons. The molecule has 16 heteroatoms. The van der Waals surface area contributed by atoms with E-state index in [4.69, 9.17) is 14.2 Å². The second kappa shape index (κ2) is 26.8. The van der Waals surface area contributed by atoms with Crippen LogP contribution < -0.4 is 10.6 Å². The van der Waals surface area contributed by atoms with Crippen molar-refractivity contribution in [1.29, 1.82) is 0 Å². The molecule has 16 nitrogen and oxygen atoms in total. The van der Waals surface area contributed by atoms with Crippen LogP contribution in [0, 0.1) is 23.7 Å². The molecule has 0 saturated carbocycles. The molecular weight excluding hydrogens is 833 g/mol. The lowest BCUT2D eigenvalue weighted by Crippen LogP contribution is -2.60. The highest BCUT2D eigenvalue weighted by Gasteiger charge is 2.43. The molecule has 1 aromatic rings. The van der Waals surface area contributed by atoms with E-state index in [1.165, 1.54) is 14.2 Å². The summed E-state index contributed by atoms with van der Waals surface area (Å²) in [6.45, 7) is 20.5. The highest BCUT2D eigenvalue weighted by molar-refractivity contribution is 5.90. The molecule has 1 heterocycles. The number of benzene rings is 1. The Morgan fingerprint density at radius 1 is 0.862 bits per heavy atom. The highest BCUT2D eigenvalue weighted by atomic mass is 16.6. The van der Waals surface area contributed by atoms with Crippen LogP contribution in [0.3, 0.4) is 0 Å². The number of unbranched alkanes of at least 4 members (excludes halogenated alkanes) is 1. The number of hydrogen-bond donors (Lipinski definition) is 3. The summed E-state index contributed by atoms with van der Waals surface area (Å²) in [5.41, 5.74) is 0.197. The number of likely N-dealkylation sites (tertiary alicyclic amines) is 1. The number of rotatable bonds is 26. The Balaban J connectivity index is 2.21. The highest BCUT2D eigenvalue weighted by Crippen LogP contribution is 2.30. The molecule has 1 fully saturated rings. The first-order valence-corrected chi connectivity index (χ1v) is 23.5. The summed E-state index contributed by atoms with van der Waals surface area (Å²) in [6.07, 6.45) is 1.72. The zero-order chi connectivity index (χ0) is 49.3. The number of carbonyl (C=O) groups excluding carboxylic acids is 5. The molecule has 0 spiro atoms. The summed E-state index contributed by atoms with van der Waals surface area (Å²) >= 11 is 0. The Morgan fingerprint density at radius 2 is 1.48 bits per heavy atom. The van der Waals surface area contributed by atoms with Crippen molar-refractivity contribution in [2.75, 3.05) is 55.0 Å². The molecule has 0 radical (unpaired) electrons. The van der Waals surface area contributed by atoms with Crippen molar-refractivity contribution in [3.8, 4) is 0 Å². The molecule has 0 aromatic heterocycles. The molecule has 1 aliphatic rings. The molecule has 0 aliphatic carbocycles. The van der Waals surface area contributed by atoms with Crippen molar-refractivity contribution in [3.05, 3.63) is 35.9 Å². The summed E-state index contributed by atoms with van der Waals surface area (Å²) in [6, 6.07) is 5.60. The molecule has 65 heavy (non-hydrogen) atoms. The molecule has 1 aromatic carbocycles. The van der Waals surface area contributed by atoms with Gasteiger partial charge >= 0.3 is 12.1 Å². The van der Waals surface area contributed by atoms with Crippen LogP contribution in [-0.4, -0.2) is 163 Å². The van der Waals surface area contributed by atoms with E-state index in [0.717, 1.165) is 18.4 Å². The van der Waals surface area contributed by atoms with Gasteiger partial charge in [-0.1, -0.05) is 85.2 Å². The Kier molecular flexibility index (Phi) is 23.4. The molecule has 1 saturated heterocycles. The van der Waals surface area contributed by atoms with E-state index < -0.39 is 65.8 Å². The van der Waals surface area contributed by atoms with Gasteiger partial charge in [-0.05, 0) is 83.4 Å². The first kappa shape index (κ1) is 56.8. The fourth-order valence-electron chi connectivity index (χ4n) is 8.92. The molecule has 1 aliphatic heterocycles. The van der Waals surface area contributed by atoms with E-state index in [9.17, 15) is 33.9 Å². The van der Waals surface area contributed by atoms with Crippen LogP contribution in [0.2, 0.25) is 0 Å². The summed E-state index contributed by atoms with van der Waals surface area (Å²) < 4.78 is 17.4. The van der Waals surface area contributed by atoms with E-state index in [1.54, 1.807) is 35.7 Å². The maximum Gasteiger partial charge on any atom is 0.410 e. The number of likely N-dealkylation sites (N-methyl/N-ethyl adjacent to an activating group) is 2. The van der Waals surface area contributed by atoms with Crippen LogP contribution in [0.15, 0.2) is 30.3 Å². The average molecular weight is 917 g/mol. The van der Waals surface area contributed by atoms with Gasteiger partial charge in [0.05, 0.1) is 42.7 Å². The summed E-state index contributed by atoms with van der Waals surface area (Å²) in [5, 5.41) is 15.7. The lowest BCUT2D eigenvalue weighted by Gasteiger charge is -2.41. The van der Waals surface area contributed by atoms with Crippen LogP contribution >= 0.6 is 0 Å². The largest absolute Gasteiger partial charge is 0.480 e. The monoisotopic (exact) mass is 917 g/mol. The normalized spacial score (nSPS) is 18.0. The molecule has 2 rings (SSSR count). The first-order valence-electron chi connectivity index (χ1n) is 23.5. The smallest absolute Gasteiger partial charge is 0.410 e. The van der Waals surface area contributed by atoms with E-state index in [1.807, 2.05) is 105 Å². The van der Waals surface area contributed by atoms with E-state index >= 15 is 0 Å². The number of carboxylic acid groups (broad SMARTS) is 1. The van der Waals surface area contributed by atoms with Gasteiger partial charge in [-0.15, -0.1) is 0 Å². The minimum absolute atomic E-state index is 0.0404. The second-order valence-corrected chi connectivity index (χ2v) is 19.7. The molecule has 3 N–H and O–H groups in total. The number of ether oxygens (including phenoxy) is 3. The third-order valence-corrected chi connectivity index (χ3v) is 12.7. The molecule has 9 atom stereocenters. The summed E-state index contributed by atoms with van der Waals surface area (Å²) in [5.74, 6) is -3.55. The van der Waals surface area contributed by atoms with Crippen LogP contribution in [0.5, 0.6) is 0 Å². The van der Waals surface area contributed by atoms with E-state index in [-0.39, 0.29) is 54.4 Å². The minimum Gasteiger partial charge on any atom is -0.480 e. The lowest BCUT2D eigenvalue weighted by atomic mass is 9.89. The predicted molar refractivity (Wildman–Crippen MR) is 252 cm³/mol. The van der Waals surface area contributed by atoms with Gasteiger partial charge in [0.15, 0.2) is 0 Å². The zero-order valence-corrected chi connectivity index (χ0v) is 42.2. The van der Waals surface area contributed by atoms with Crippen LogP contribution in [0.25, 0.3) is 0 Å². The van der Waals surface area contributed by atoms with Crippen molar-refractivity contribution in [2.24, 2.45) is 23.7 Å². The van der Waals surface area contributed by atoms with Crippen LogP contribution in [-0.2, 0) is 44.6 Å². The third-order valence-electron chi connectivity index (χ3n) is 12.7. The topological polar surface area (TPSA) is 187 Å². The minimum atomic E-state index is -1.15. The van der Waals surface area contributed by atoms with Crippen LogP contribution in [0.4, 0.5) is 4.79 Å². The van der Waals surface area contributed by atoms with Gasteiger partial charge in [0, 0.05) is 47.8 Å². The number of methoxy groups -OCH3 is 2. The number of hydrogen-bond acceptors (Lipinski definition) is 10. The van der Waals surface area contributed by atoms with Gasteiger partial charge in [0.2, 0.25) is 23.6 Å². The lowest BCUT2D eigenvalue weighted by molar-refractivity contribution is -0.148. The number of carboxylic acids is 1. The van der Waals surface area contributed by atoms with Gasteiger partial charge in [0.1, 0.15) is 17.7 Å². The Bertz CT molecular complexity index is 1670. The SMILES string of the molecule is CCC(C)C(C(CC(=O)N1CCCC1C(OC)C(C)C(=O)NC(Cc1ccccc1)C(=O)O)OC)N(C)C(=O)C(NC(=O)C(C(C)C)N(C)CCCCN(C)C(=O)OC(C)(C)C)C(C)C. The number of amides is 5. The van der Waals surface area contributed by atoms with Gasteiger partial charge in [-0.2, -0.15) is 0 Å². The maximum absolute atomic E-state index is 14.6. The first-order chi connectivity index (χ1) is 30.4. The maximum atomic E-state index is 14.6. The van der Waals surface area contributed by atoms with Crippen molar-refractivity contribution < 1.29 is 48.1 Å².